The van der Waals surface area contributed by atoms with Gasteiger partial charge in [-0.15, -0.1) is 0 Å². The van der Waals surface area contributed by atoms with Crippen molar-refractivity contribution < 1.29 is 13.9 Å². The van der Waals surface area contributed by atoms with Crippen LogP contribution in [0.2, 0.25) is 0 Å². The van der Waals surface area contributed by atoms with Crippen molar-refractivity contribution >= 4 is 22.8 Å². The second-order valence-corrected chi connectivity index (χ2v) is 4.66. The highest BCUT2D eigenvalue weighted by molar-refractivity contribution is 5.87. The molecular weight excluding hydrogens is 270 g/mol. The number of benzene rings is 1. The second-order valence-electron chi connectivity index (χ2n) is 4.66. The minimum Gasteiger partial charge on any atom is -0.464 e. The number of ether oxygens (including phenoxy) is 1. The van der Waals surface area contributed by atoms with Crippen molar-refractivity contribution in [2.24, 2.45) is 0 Å². The number of H-pyrrole nitrogens is 1. The normalized spacial score (nSPS) is 10.8. The standard InChI is InChI=1S/C15H15N3O3/c1-9-17-13-7-10(4-6-14(13)21-9)16-8-11-3-5-12(18-11)15(19)20-2/h3-7,16,18H,8H2,1-2H3. The molecule has 0 unspecified atom stereocenters. The molecule has 2 aromatic heterocycles. The summed E-state index contributed by atoms with van der Waals surface area (Å²) in [4.78, 5) is 18.7. The van der Waals surface area contributed by atoms with Gasteiger partial charge in [-0.2, -0.15) is 0 Å². The Morgan fingerprint density at radius 2 is 2.24 bits per heavy atom. The van der Waals surface area contributed by atoms with E-state index in [0.717, 1.165) is 22.5 Å². The lowest BCUT2D eigenvalue weighted by molar-refractivity contribution is 0.0594. The smallest absolute Gasteiger partial charge is 0.354 e. The van der Waals surface area contributed by atoms with Crippen LogP contribution in [0, 0.1) is 6.92 Å². The summed E-state index contributed by atoms with van der Waals surface area (Å²) < 4.78 is 10.1. The number of hydrogen-bond donors (Lipinski definition) is 2. The molecule has 6 nitrogen and oxygen atoms in total. The molecule has 108 valence electrons. The fourth-order valence-electron chi connectivity index (χ4n) is 2.12. The number of hydrogen-bond acceptors (Lipinski definition) is 5. The van der Waals surface area contributed by atoms with Crippen LogP contribution >= 0.6 is 0 Å². The number of nitrogens with one attached hydrogen (secondary N) is 2. The Bertz CT molecular complexity index is 788. The molecular formula is C15H15N3O3. The van der Waals surface area contributed by atoms with E-state index >= 15 is 0 Å². The van der Waals surface area contributed by atoms with E-state index in [0.29, 0.717) is 18.1 Å². The topological polar surface area (TPSA) is 80.2 Å². The molecule has 3 rings (SSSR count). The molecule has 1 aromatic carbocycles. The monoisotopic (exact) mass is 285 g/mol. The third-order valence-electron chi connectivity index (χ3n) is 3.13. The summed E-state index contributed by atoms with van der Waals surface area (Å²) in [7, 11) is 1.36. The molecule has 0 radical (unpaired) electrons. The molecule has 0 spiro atoms. The first kappa shape index (κ1) is 13.2. The number of oxazole rings is 1. The molecule has 0 amide bonds. The van der Waals surface area contributed by atoms with Gasteiger partial charge in [0.25, 0.3) is 0 Å². The van der Waals surface area contributed by atoms with Crippen molar-refractivity contribution in [3.63, 3.8) is 0 Å². The van der Waals surface area contributed by atoms with Crippen LogP contribution in [0.3, 0.4) is 0 Å². The number of rotatable bonds is 4. The largest absolute Gasteiger partial charge is 0.464 e. The summed E-state index contributed by atoms with van der Waals surface area (Å²) in [6, 6.07) is 9.28. The Morgan fingerprint density at radius 3 is 3.05 bits per heavy atom. The van der Waals surface area contributed by atoms with Gasteiger partial charge < -0.3 is 19.5 Å². The zero-order valence-electron chi connectivity index (χ0n) is 11.8. The number of carbonyl (C=O) groups is 1. The van der Waals surface area contributed by atoms with E-state index in [9.17, 15) is 4.79 Å². The summed E-state index contributed by atoms with van der Waals surface area (Å²) >= 11 is 0. The number of methoxy groups -OCH3 is 1. The SMILES string of the molecule is COC(=O)c1ccc(CNc2ccc3oc(C)nc3c2)[nH]1. The lowest BCUT2D eigenvalue weighted by Crippen LogP contribution is -2.03. The summed E-state index contributed by atoms with van der Waals surface area (Å²) in [6.07, 6.45) is 0. The van der Waals surface area contributed by atoms with Crippen LogP contribution in [0.1, 0.15) is 22.1 Å². The van der Waals surface area contributed by atoms with Crippen LogP contribution in [0.25, 0.3) is 11.1 Å². The van der Waals surface area contributed by atoms with E-state index in [1.54, 1.807) is 6.07 Å². The van der Waals surface area contributed by atoms with Gasteiger partial charge in [-0.3, -0.25) is 0 Å². The molecule has 6 heteroatoms. The van der Waals surface area contributed by atoms with E-state index < -0.39 is 0 Å². The summed E-state index contributed by atoms with van der Waals surface area (Å²) in [5, 5.41) is 3.27. The van der Waals surface area contributed by atoms with Crippen molar-refractivity contribution in [2.75, 3.05) is 12.4 Å². The number of esters is 1. The number of anilines is 1. The molecule has 21 heavy (non-hydrogen) atoms. The second kappa shape index (κ2) is 5.32. The quantitative estimate of drug-likeness (QED) is 0.720. The molecule has 0 bridgehead atoms. The van der Waals surface area contributed by atoms with Crippen LogP contribution < -0.4 is 5.32 Å². The Balaban J connectivity index is 1.70. The lowest BCUT2D eigenvalue weighted by Gasteiger charge is -2.04. The predicted molar refractivity (Wildman–Crippen MR) is 78.2 cm³/mol. The number of aromatic amines is 1. The molecule has 0 aliphatic rings. The van der Waals surface area contributed by atoms with Gasteiger partial charge in [0.1, 0.15) is 11.2 Å². The average molecular weight is 285 g/mol. The Hall–Kier alpha value is -2.76. The van der Waals surface area contributed by atoms with Crippen molar-refractivity contribution in [1.29, 1.82) is 0 Å². The summed E-state index contributed by atoms with van der Waals surface area (Å²) in [6.45, 7) is 2.39. The third-order valence-corrected chi connectivity index (χ3v) is 3.13. The number of aryl methyl sites for hydroxylation is 1. The predicted octanol–water partition coefficient (Wildman–Crippen LogP) is 2.86. The van der Waals surface area contributed by atoms with Crippen LogP contribution in [-0.2, 0) is 11.3 Å². The zero-order chi connectivity index (χ0) is 14.8. The summed E-state index contributed by atoms with van der Waals surface area (Å²) in [5.74, 6) is 0.273. The molecule has 0 atom stereocenters. The van der Waals surface area contributed by atoms with Crippen molar-refractivity contribution in [3.05, 3.63) is 47.6 Å². The molecule has 2 N–H and O–H groups in total. The maximum atomic E-state index is 11.4. The molecule has 0 saturated carbocycles. The van der Waals surface area contributed by atoms with Gasteiger partial charge in [-0.05, 0) is 30.3 Å². The number of nitrogens with zero attached hydrogens (tertiary/aromatic N) is 1. The summed E-state index contributed by atoms with van der Waals surface area (Å²) in [5.41, 5.74) is 3.86. The van der Waals surface area contributed by atoms with Crippen LogP contribution in [0.5, 0.6) is 0 Å². The maximum absolute atomic E-state index is 11.4. The van der Waals surface area contributed by atoms with E-state index in [2.05, 4.69) is 20.0 Å². The molecule has 0 fully saturated rings. The van der Waals surface area contributed by atoms with E-state index in [1.807, 2.05) is 31.2 Å². The van der Waals surface area contributed by atoms with Gasteiger partial charge in [0, 0.05) is 18.3 Å². The minimum absolute atomic E-state index is 0.374. The third kappa shape index (κ3) is 2.74. The molecule has 0 saturated heterocycles. The number of carbonyl (C=O) groups excluding carboxylic acids is 1. The molecule has 0 aliphatic heterocycles. The Labute approximate surface area is 121 Å². The van der Waals surface area contributed by atoms with Gasteiger partial charge >= 0.3 is 5.97 Å². The van der Waals surface area contributed by atoms with Gasteiger partial charge in [-0.25, -0.2) is 9.78 Å². The Kier molecular flexibility index (Phi) is 3.35. The molecule has 0 aliphatic carbocycles. The van der Waals surface area contributed by atoms with E-state index in [-0.39, 0.29) is 5.97 Å². The van der Waals surface area contributed by atoms with Gasteiger partial charge in [-0.1, -0.05) is 0 Å². The first-order valence-corrected chi connectivity index (χ1v) is 6.53. The van der Waals surface area contributed by atoms with Gasteiger partial charge in [0.15, 0.2) is 11.5 Å². The average Bonchev–Trinajstić information content (AvgIpc) is 3.09. The lowest BCUT2D eigenvalue weighted by atomic mass is 10.3. The number of fused-ring (bicyclic) bond motifs is 1. The van der Waals surface area contributed by atoms with Crippen molar-refractivity contribution in [2.45, 2.75) is 13.5 Å². The van der Waals surface area contributed by atoms with Crippen LogP contribution in [0.4, 0.5) is 5.69 Å². The van der Waals surface area contributed by atoms with Crippen LogP contribution in [0.15, 0.2) is 34.7 Å². The zero-order valence-corrected chi connectivity index (χ0v) is 11.8. The maximum Gasteiger partial charge on any atom is 0.354 e. The fraction of sp³-hybridized carbons (Fsp3) is 0.200. The first-order valence-electron chi connectivity index (χ1n) is 6.53. The first-order chi connectivity index (χ1) is 10.2. The highest BCUT2D eigenvalue weighted by Gasteiger charge is 2.08. The Morgan fingerprint density at radius 1 is 1.38 bits per heavy atom. The van der Waals surface area contributed by atoms with Gasteiger partial charge in [0.2, 0.25) is 0 Å². The van der Waals surface area contributed by atoms with Crippen LogP contribution in [-0.4, -0.2) is 23.0 Å². The highest BCUT2D eigenvalue weighted by Crippen LogP contribution is 2.20. The molecule has 2 heterocycles. The van der Waals surface area contributed by atoms with E-state index in [4.69, 9.17) is 4.42 Å². The van der Waals surface area contributed by atoms with Crippen molar-refractivity contribution in [1.82, 2.24) is 9.97 Å². The molecule has 3 aromatic rings. The highest BCUT2D eigenvalue weighted by atomic mass is 16.5. The fourth-order valence-corrected chi connectivity index (χ4v) is 2.12. The van der Waals surface area contributed by atoms with Gasteiger partial charge in [0.05, 0.1) is 13.7 Å². The van der Waals surface area contributed by atoms with Crippen molar-refractivity contribution in [3.8, 4) is 0 Å². The minimum atomic E-state index is -0.374. The number of aromatic nitrogens is 2. The van der Waals surface area contributed by atoms with E-state index in [1.165, 1.54) is 7.11 Å².